The van der Waals surface area contributed by atoms with Crippen molar-refractivity contribution in [3.63, 3.8) is 0 Å². The summed E-state index contributed by atoms with van der Waals surface area (Å²) in [5.74, 6) is 0.161. The molecule has 2 heterocycles. The van der Waals surface area contributed by atoms with Crippen molar-refractivity contribution >= 4 is 15.7 Å². The molecular formula is C22H23FN2O4S. The number of rotatable bonds is 5. The van der Waals surface area contributed by atoms with Crippen molar-refractivity contribution in [1.82, 2.24) is 4.98 Å². The number of anilines is 1. The molecule has 4 rings (SSSR count). The van der Waals surface area contributed by atoms with E-state index < -0.39 is 15.7 Å². The largest absolute Gasteiger partial charge is 0.497 e. The van der Waals surface area contributed by atoms with Crippen LogP contribution in [0.1, 0.15) is 25.7 Å². The van der Waals surface area contributed by atoms with Crippen LogP contribution in [0.4, 0.5) is 10.3 Å². The minimum Gasteiger partial charge on any atom is -0.497 e. The SMILES string of the molecule is COc1ccc(S(=O)(=O)c2nc(-c3ccccc3F)oc2N2CCCCCC2)cc1. The van der Waals surface area contributed by atoms with Crippen LogP contribution in [-0.2, 0) is 9.84 Å². The molecule has 1 saturated heterocycles. The molecule has 1 aromatic heterocycles. The summed E-state index contributed by atoms with van der Waals surface area (Å²) in [5.41, 5.74) is 0.129. The lowest BCUT2D eigenvalue weighted by atomic mass is 10.2. The van der Waals surface area contributed by atoms with Crippen molar-refractivity contribution in [1.29, 1.82) is 0 Å². The molecule has 2 aromatic carbocycles. The van der Waals surface area contributed by atoms with Gasteiger partial charge in [-0.05, 0) is 49.2 Å². The second kappa shape index (κ2) is 8.47. The van der Waals surface area contributed by atoms with Crippen LogP contribution in [-0.4, -0.2) is 33.6 Å². The lowest BCUT2D eigenvalue weighted by Crippen LogP contribution is -2.25. The van der Waals surface area contributed by atoms with Gasteiger partial charge in [-0.15, -0.1) is 0 Å². The average molecular weight is 431 g/mol. The third-order valence-electron chi connectivity index (χ3n) is 5.20. The first-order valence-electron chi connectivity index (χ1n) is 9.90. The molecule has 6 nitrogen and oxygen atoms in total. The number of nitrogens with zero attached hydrogens (tertiary/aromatic N) is 2. The number of benzene rings is 2. The monoisotopic (exact) mass is 430 g/mol. The molecule has 1 aliphatic rings. The van der Waals surface area contributed by atoms with Crippen molar-refractivity contribution in [3.05, 3.63) is 54.3 Å². The van der Waals surface area contributed by atoms with Gasteiger partial charge in [0.25, 0.3) is 0 Å². The van der Waals surface area contributed by atoms with E-state index >= 15 is 0 Å². The summed E-state index contributed by atoms with van der Waals surface area (Å²) in [7, 11) is -2.47. The summed E-state index contributed by atoms with van der Waals surface area (Å²) >= 11 is 0. The average Bonchev–Trinajstić information content (AvgIpc) is 3.03. The Balaban J connectivity index is 1.84. The highest BCUT2D eigenvalue weighted by Crippen LogP contribution is 2.36. The fraction of sp³-hybridized carbons (Fsp3) is 0.318. The van der Waals surface area contributed by atoms with E-state index in [1.165, 1.54) is 31.4 Å². The van der Waals surface area contributed by atoms with Gasteiger partial charge in [0.05, 0.1) is 17.6 Å². The molecule has 1 fully saturated rings. The maximum atomic E-state index is 14.3. The molecular weight excluding hydrogens is 407 g/mol. The first-order chi connectivity index (χ1) is 14.5. The molecule has 158 valence electrons. The third kappa shape index (κ3) is 3.92. The van der Waals surface area contributed by atoms with Gasteiger partial charge in [0.15, 0.2) is 0 Å². The van der Waals surface area contributed by atoms with Crippen molar-refractivity contribution in [3.8, 4) is 17.2 Å². The molecule has 1 aliphatic heterocycles. The summed E-state index contributed by atoms with van der Waals surface area (Å²) in [6.07, 6.45) is 4.01. The van der Waals surface area contributed by atoms with Gasteiger partial charge < -0.3 is 14.1 Å². The molecule has 0 radical (unpaired) electrons. The van der Waals surface area contributed by atoms with Crippen LogP contribution in [0.5, 0.6) is 5.75 Å². The molecule has 0 unspecified atom stereocenters. The van der Waals surface area contributed by atoms with Crippen LogP contribution in [0.2, 0.25) is 0 Å². The van der Waals surface area contributed by atoms with Gasteiger partial charge in [-0.3, -0.25) is 0 Å². The van der Waals surface area contributed by atoms with Gasteiger partial charge >= 0.3 is 0 Å². The molecule has 3 aromatic rings. The number of halogens is 1. The highest BCUT2D eigenvalue weighted by molar-refractivity contribution is 7.91. The summed E-state index contributed by atoms with van der Waals surface area (Å²) in [5, 5.41) is -0.187. The molecule has 0 bridgehead atoms. The maximum absolute atomic E-state index is 14.3. The molecule has 0 saturated carbocycles. The Morgan fingerprint density at radius 3 is 2.30 bits per heavy atom. The van der Waals surface area contributed by atoms with Crippen LogP contribution in [0.3, 0.4) is 0 Å². The third-order valence-corrected chi connectivity index (χ3v) is 6.87. The van der Waals surface area contributed by atoms with Crippen molar-refractivity contribution in [2.24, 2.45) is 0 Å². The normalized spacial score (nSPS) is 15.1. The van der Waals surface area contributed by atoms with Crippen molar-refractivity contribution in [2.45, 2.75) is 35.6 Å². The van der Waals surface area contributed by atoms with E-state index in [1.807, 2.05) is 4.90 Å². The smallest absolute Gasteiger partial charge is 0.236 e. The molecule has 30 heavy (non-hydrogen) atoms. The number of hydrogen-bond acceptors (Lipinski definition) is 6. The van der Waals surface area contributed by atoms with Crippen LogP contribution in [0.25, 0.3) is 11.5 Å². The van der Waals surface area contributed by atoms with E-state index in [0.29, 0.717) is 18.8 Å². The minimum atomic E-state index is -3.98. The first-order valence-corrected chi connectivity index (χ1v) is 11.4. The Morgan fingerprint density at radius 2 is 1.67 bits per heavy atom. The van der Waals surface area contributed by atoms with E-state index in [-0.39, 0.29) is 27.3 Å². The van der Waals surface area contributed by atoms with Crippen LogP contribution < -0.4 is 9.64 Å². The fourth-order valence-electron chi connectivity index (χ4n) is 3.56. The summed E-state index contributed by atoms with van der Waals surface area (Å²) in [6, 6.07) is 12.1. The number of hydrogen-bond donors (Lipinski definition) is 0. The van der Waals surface area contributed by atoms with Gasteiger partial charge in [-0.2, -0.15) is 4.98 Å². The lowest BCUT2D eigenvalue weighted by molar-refractivity contribution is 0.414. The summed E-state index contributed by atoms with van der Waals surface area (Å²) in [6.45, 7) is 1.33. The zero-order chi connectivity index (χ0) is 21.1. The van der Waals surface area contributed by atoms with E-state index in [0.717, 1.165) is 25.7 Å². The van der Waals surface area contributed by atoms with E-state index in [1.54, 1.807) is 24.3 Å². The Bertz CT molecular complexity index is 1120. The summed E-state index contributed by atoms with van der Waals surface area (Å²) in [4.78, 5) is 6.25. The second-order valence-electron chi connectivity index (χ2n) is 7.19. The zero-order valence-corrected chi connectivity index (χ0v) is 17.5. The number of methoxy groups -OCH3 is 1. The lowest BCUT2D eigenvalue weighted by Gasteiger charge is -2.20. The Morgan fingerprint density at radius 1 is 1.00 bits per heavy atom. The Labute approximate surface area is 175 Å². The van der Waals surface area contributed by atoms with Gasteiger partial charge in [0, 0.05) is 13.1 Å². The van der Waals surface area contributed by atoms with Crippen LogP contribution in [0, 0.1) is 5.82 Å². The topological polar surface area (TPSA) is 72.6 Å². The number of oxazole rings is 1. The molecule has 8 heteroatoms. The maximum Gasteiger partial charge on any atom is 0.236 e. The van der Waals surface area contributed by atoms with Gasteiger partial charge in [-0.25, -0.2) is 12.8 Å². The molecule has 0 atom stereocenters. The first kappa shape index (κ1) is 20.4. The van der Waals surface area contributed by atoms with E-state index in [4.69, 9.17) is 9.15 Å². The summed E-state index contributed by atoms with van der Waals surface area (Å²) < 4.78 is 52.2. The van der Waals surface area contributed by atoms with E-state index in [2.05, 4.69) is 4.98 Å². The van der Waals surface area contributed by atoms with Crippen molar-refractivity contribution < 1.29 is 22.0 Å². The van der Waals surface area contributed by atoms with Gasteiger partial charge in [-0.1, -0.05) is 25.0 Å². The molecule has 0 spiro atoms. The Kier molecular flexibility index (Phi) is 5.76. The molecule has 0 aliphatic carbocycles. The number of aromatic nitrogens is 1. The quantitative estimate of drug-likeness (QED) is 0.584. The van der Waals surface area contributed by atoms with Gasteiger partial charge in [0.2, 0.25) is 26.6 Å². The van der Waals surface area contributed by atoms with Crippen LogP contribution >= 0.6 is 0 Å². The second-order valence-corrected chi connectivity index (χ2v) is 9.05. The van der Waals surface area contributed by atoms with Gasteiger partial charge in [0.1, 0.15) is 11.6 Å². The predicted molar refractivity (Wildman–Crippen MR) is 111 cm³/mol. The van der Waals surface area contributed by atoms with E-state index in [9.17, 15) is 12.8 Å². The number of ether oxygens (including phenoxy) is 1. The zero-order valence-electron chi connectivity index (χ0n) is 16.7. The molecule has 0 N–H and O–H groups in total. The van der Waals surface area contributed by atoms with Crippen LogP contribution in [0.15, 0.2) is 62.9 Å². The molecule has 0 amide bonds. The Hall–Kier alpha value is -2.87. The van der Waals surface area contributed by atoms with Crippen molar-refractivity contribution in [2.75, 3.05) is 25.1 Å². The fourth-order valence-corrected chi connectivity index (χ4v) is 4.88. The minimum absolute atomic E-state index is 0.0422. The number of sulfone groups is 1. The standard InChI is InChI=1S/C22H23FN2O4S/c1-28-16-10-12-17(13-11-16)30(26,27)21-22(25-14-6-2-3-7-15-25)29-20(24-21)18-8-4-5-9-19(18)23/h4-5,8-13H,2-3,6-7,14-15H2,1H3. The highest BCUT2D eigenvalue weighted by atomic mass is 32.2. The highest BCUT2D eigenvalue weighted by Gasteiger charge is 2.32. The predicted octanol–water partition coefficient (Wildman–Crippen LogP) is 4.70.